The minimum Gasteiger partial charge on any atom is -0.481 e. The SMILES string of the molecule is CCC[C@@H](C)[C@H]1CC[C@H]2[C@@H]3CC(O)(O)C4(C(=O)O)CCCC[C@]4(C)[C@H]3CC[C@]12C. The number of hydrogen-bond donors (Lipinski definition) is 3. The van der Waals surface area contributed by atoms with Crippen molar-refractivity contribution < 1.29 is 20.1 Å². The Labute approximate surface area is 176 Å². The second-order valence-corrected chi connectivity index (χ2v) is 11.7. The third-order valence-corrected chi connectivity index (χ3v) is 10.8. The van der Waals surface area contributed by atoms with Gasteiger partial charge in [0.15, 0.2) is 5.79 Å². The molecule has 1 unspecified atom stereocenters. The molecule has 4 aliphatic rings. The molecule has 0 bridgehead atoms. The second kappa shape index (κ2) is 6.95. The summed E-state index contributed by atoms with van der Waals surface area (Å²) in [4.78, 5) is 12.6. The molecule has 4 nitrogen and oxygen atoms in total. The maximum absolute atomic E-state index is 12.6. The molecule has 3 N–H and O–H groups in total. The molecule has 4 heteroatoms. The van der Waals surface area contributed by atoms with Gasteiger partial charge >= 0.3 is 5.97 Å². The van der Waals surface area contributed by atoms with E-state index in [9.17, 15) is 20.1 Å². The van der Waals surface area contributed by atoms with Crippen LogP contribution in [0.15, 0.2) is 0 Å². The molecule has 8 atom stereocenters. The van der Waals surface area contributed by atoms with Crippen LogP contribution in [0, 0.1) is 45.8 Å². The normalized spacial score (nSPS) is 49.6. The van der Waals surface area contributed by atoms with Crippen molar-refractivity contribution in [2.75, 3.05) is 0 Å². The molecule has 4 aliphatic carbocycles. The van der Waals surface area contributed by atoms with Gasteiger partial charge in [-0.2, -0.15) is 0 Å². The number of hydrogen-bond acceptors (Lipinski definition) is 3. The van der Waals surface area contributed by atoms with Crippen LogP contribution >= 0.6 is 0 Å². The Morgan fingerprint density at radius 1 is 1.03 bits per heavy atom. The highest BCUT2D eigenvalue weighted by atomic mass is 16.5. The van der Waals surface area contributed by atoms with Crippen LogP contribution in [-0.2, 0) is 4.79 Å². The summed E-state index contributed by atoms with van der Waals surface area (Å²) in [6.07, 6.45) is 10.4. The summed E-state index contributed by atoms with van der Waals surface area (Å²) in [6, 6.07) is 0. The fourth-order valence-electron chi connectivity index (χ4n) is 9.56. The van der Waals surface area contributed by atoms with Crippen molar-refractivity contribution >= 4 is 5.97 Å². The van der Waals surface area contributed by atoms with Crippen LogP contribution in [0.5, 0.6) is 0 Å². The topological polar surface area (TPSA) is 77.8 Å². The number of carboxylic acid groups (broad SMARTS) is 1. The summed E-state index contributed by atoms with van der Waals surface area (Å²) in [5.41, 5.74) is -1.68. The predicted molar refractivity (Wildman–Crippen MR) is 113 cm³/mol. The Morgan fingerprint density at radius 3 is 2.38 bits per heavy atom. The summed E-state index contributed by atoms with van der Waals surface area (Å²) in [5.74, 6) is -0.646. The van der Waals surface area contributed by atoms with Crippen molar-refractivity contribution in [3.05, 3.63) is 0 Å². The zero-order chi connectivity index (χ0) is 21.2. The number of carboxylic acids is 1. The van der Waals surface area contributed by atoms with Crippen molar-refractivity contribution in [2.24, 2.45) is 45.8 Å². The van der Waals surface area contributed by atoms with Crippen LogP contribution in [0.3, 0.4) is 0 Å². The van der Waals surface area contributed by atoms with Gasteiger partial charge in [0.05, 0.1) is 0 Å². The van der Waals surface area contributed by atoms with E-state index >= 15 is 0 Å². The van der Waals surface area contributed by atoms with Crippen molar-refractivity contribution in [1.82, 2.24) is 0 Å². The van der Waals surface area contributed by atoms with E-state index in [0.717, 1.165) is 25.7 Å². The molecule has 29 heavy (non-hydrogen) atoms. The van der Waals surface area contributed by atoms with Gasteiger partial charge in [0.1, 0.15) is 5.41 Å². The Bertz CT molecular complexity index is 659. The lowest BCUT2D eigenvalue weighted by Gasteiger charge is -2.67. The van der Waals surface area contributed by atoms with E-state index in [-0.39, 0.29) is 17.8 Å². The predicted octanol–water partition coefficient (Wildman–Crippen LogP) is 5.22. The molecule has 0 aromatic rings. The average Bonchev–Trinajstić information content (AvgIpc) is 2.99. The van der Waals surface area contributed by atoms with Crippen LogP contribution in [0.2, 0.25) is 0 Å². The maximum atomic E-state index is 12.6. The van der Waals surface area contributed by atoms with E-state index < -0.39 is 22.6 Å². The summed E-state index contributed by atoms with van der Waals surface area (Å²) < 4.78 is 0. The molecular formula is C25H42O4. The molecule has 0 amide bonds. The number of rotatable bonds is 4. The van der Waals surface area contributed by atoms with Gasteiger partial charge in [0.2, 0.25) is 0 Å². The fraction of sp³-hybridized carbons (Fsp3) is 0.960. The van der Waals surface area contributed by atoms with E-state index in [2.05, 4.69) is 27.7 Å². The van der Waals surface area contributed by atoms with Gasteiger partial charge in [0.25, 0.3) is 0 Å². The number of aliphatic hydroxyl groups is 2. The smallest absolute Gasteiger partial charge is 0.315 e. The fourth-order valence-corrected chi connectivity index (χ4v) is 9.56. The van der Waals surface area contributed by atoms with Crippen LogP contribution < -0.4 is 0 Å². The zero-order valence-corrected chi connectivity index (χ0v) is 18.9. The first-order chi connectivity index (χ1) is 13.5. The average molecular weight is 407 g/mol. The lowest BCUT2D eigenvalue weighted by Crippen LogP contribution is -2.71. The van der Waals surface area contributed by atoms with Crippen molar-refractivity contribution in [2.45, 2.75) is 104 Å². The van der Waals surface area contributed by atoms with E-state index in [4.69, 9.17) is 0 Å². The largest absolute Gasteiger partial charge is 0.481 e. The molecule has 0 aliphatic heterocycles. The minimum atomic E-state index is -2.11. The molecule has 4 rings (SSSR count). The Morgan fingerprint density at radius 2 is 1.72 bits per heavy atom. The van der Waals surface area contributed by atoms with E-state index in [1.807, 2.05) is 0 Å². The number of fused-ring (bicyclic) bond motifs is 5. The summed E-state index contributed by atoms with van der Waals surface area (Å²) in [6.45, 7) is 9.24. The first-order valence-corrected chi connectivity index (χ1v) is 12.2. The third kappa shape index (κ3) is 2.67. The molecule has 0 saturated heterocycles. The lowest BCUT2D eigenvalue weighted by molar-refractivity contribution is -0.336. The Hall–Kier alpha value is -0.610. The highest BCUT2D eigenvalue weighted by Gasteiger charge is 2.74. The van der Waals surface area contributed by atoms with Crippen molar-refractivity contribution in [1.29, 1.82) is 0 Å². The molecule has 0 spiro atoms. The molecule has 4 fully saturated rings. The van der Waals surface area contributed by atoms with Crippen molar-refractivity contribution in [3.8, 4) is 0 Å². The minimum absolute atomic E-state index is 0.234. The molecule has 166 valence electrons. The molecular weight excluding hydrogens is 364 g/mol. The zero-order valence-electron chi connectivity index (χ0n) is 18.9. The van der Waals surface area contributed by atoms with E-state index in [1.165, 1.54) is 32.1 Å². The molecule has 4 saturated carbocycles. The first kappa shape index (κ1) is 21.6. The number of aliphatic carboxylic acids is 1. The van der Waals surface area contributed by atoms with Crippen LogP contribution in [0.4, 0.5) is 0 Å². The van der Waals surface area contributed by atoms with Gasteiger partial charge < -0.3 is 15.3 Å². The Balaban J connectivity index is 1.73. The molecule has 0 aromatic carbocycles. The second-order valence-electron chi connectivity index (χ2n) is 11.7. The summed E-state index contributed by atoms with van der Waals surface area (Å²) in [7, 11) is 0. The third-order valence-electron chi connectivity index (χ3n) is 10.8. The molecule has 0 aromatic heterocycles. The van der Waals surface area contributed by atoms with Gasteiger partial charge in [0, 0.05) is 6.42 Å². The van der Waals surface area contributed by atoms with Gasteiger partial charge in [-0.3, -0.25) is 4.79 Å². The highest BCUT2D eigenvalue weighted by Crippen LogP contribution is 2.73. The first-order valence-electron chi connectivity index (χ1n) is 12.2. The van der Waals surface area contributed by atoms with Gasteiger partial charge in [-0.25, -0.2) is 0 Å². The highest BCUT2D eigenvalue weighted by molar-refractivity contribution is 5.78. The monoisotopic (exact) mass is 406 g/mol. The van der Waals surface area contributed by atoms with Crippen LogP contribution in [0.1, 0.15) is 98.3 Å². The molecule has 0 radical (unpaired) electrons. The number of carbonyl (C=O) groups is 1. The van der Waals surface area contributed by atoms with Gasteiger partial charge in [-0.15, -0.1) is 0 Å². The van der Waals surface area contributed by atoms with Crippen molar-refractivity contribution in [3.63, 3.8) is 0 Å². The van der Waals surface area contributed by atoms with Gasteiger partial charge in [-0.05, 0) is 78.9 Å². The van der Waals surface area contributed by atoms with Crippen LogP contribution in [-0.4, -0.2) is 27.1 Å². The quantitative estimate of drug-likeness (QED) is 0.560. The van der Waals surface area contributed by atoms with E-state index in [0.29, 0.717) is 30.1 Å². The standard InChI is InChI=1S/C25H42O4/c1-5-8-16(2)18-9-10-19-17-15-25(28,29)24(21(26)27)13-7-6-12-23(24,4)20(17)11-14-22(18,19)3/h16-20,28-29H,5-15H2,1-4H3,(H,26,27)/t16-,17+,18-,19+,20+,22-,23-,24?/m1/s1. The van der Waals surface area contributed by atoms with Crippen LogP contribution in [0.25, 0.3) is 0 Å². The van der Waals surface area contributed by atoms with E-state index in [1.54, 1.807) is 0 Å². The Kier molecular flexibility index (Phi) is 5.18. The summed E-state index contributed by atoms with van der Waals surface area (Å²) in [5, 5.41) is 33.0. The molecule has 0 heterocycles. The summed E-state index contributed by atoms with van der Waals surface area (Å²) >= 11 is 0. The van der Waals surface area contributed by atoms with Gasteiger partial charge in [-0.1, -0.05) is 53.4 Å². The maximum Gasteiger partial charge on any atom is 0.315 e. The lowest BCUT2D eigenvalue weighted by atomic mass is 9.38.